The number of carbonyl (C=O) groups excluding carboxylic acids is 1. The van der Waals surface area contributed by atoms with Gasteiger partial charge >= 0.3 is 0 Å². The summed E-state index contributed by atoms with van der Waals surface area (Å²) in [4.78, 5) is 16.1. The highest BCUT2D eigenvalue weighted by Gasteiger charge is 2.13. The van der Waals surface area contributed by atoms with E-state index < -0.39 is 0 Å². The average Bonchev–Trinajstić information content (AvgIpc) is 2.41. The molecule has 1 aromatic carbocycles. The minimum atomic E-state index is -0.0730. The van der Waals surface area contributed by atoms with E-state index in [2.05, 4.69) is 15.6 Å². The fraction of sp³-hybridized carbons (Fsp3) is 0.143. The standard InChI is InChI=1S/C14H13N3O/c18-14-13(15-7-8-16-14)9-11-6-5-10-3-1-2-4-12(10)17-11/h1-6,9,15H,7-8H2,(H,16,18)/b13-9+. The number of para-hydroxylation sites is 1. The minimum Gasteiger partial charge on any atom is -0.379 e. The Labute approximate surface area is 105 Å². The topological polar surface area (TPSA) is 54.0 Å². The van der Waals surface area contributed by atoms with E-state index in [9.17, 15) is 4.79 Å². The number of carbonyl (C=O) groups is 1. The zero-order chi connectivity index (χ0) is 12.4. The van der Waals surface area contributed by atoms with Crippen LogP contribution in [0.4, 0.5) is 0 Å². The van der Waals surface area contributed by atoms with Crippen molar-refractivity contribution >= 4 is 22.9 Å². The molecule has 0 aliphatic carbocycles. The molecule has 18 heavy (non-hydrogen) atoms. The van der Waals surface area contributed by atoms with Crippen molar-refractivity contribution in [3.05, 3.63) is 47.8 Å². The molecule has 0 bridgehead atoms. The molecule has 1 saturated heterocycles. The van der Waals surface area contributed by atoms with Crippen LogP contribution in [0.3, 0.4) is 0 Å². The molecule has 1 fully saturated rings. The third-order valence-corrected chi connectivity index (χ3v) is 2.88. The van der Waals surface area contributed by atoms with Gasteiger partial charge in [-0.05, 0) is 18.2 Å². The second-order valence-corrected chi connectivity index (χ2v) is 4.17. The SMILES string of the molecule is O=C1NCCN/C1=C/c1ccc2ccccc2n1. The molecule has 1 aromatic heterocycles. The van der Waals surface area contributed by atoms with Crippen molar-refractivity contribution < 1.29 is 4.79 Å². The summed E-state index contributed by atoms with van der Waals surface area (Å²) >= 11 is 0. The number of nitrogens with zero attached hydrogens (tertiary/aromatic N) is 1. The maximum absolute atomic E-state index is 11.6. The molecule has 3 rings (SSSR count). The van der Waals surface area contributed by atoms with Gasteiger partial charge in [0.1, 0.15) is 5.70 Å². The van der Waals surface area contributed by atoms with Gasteiger partial charge in [-0.2, -0.15) is 0 Å². The smallest absolute Gasteiger partial charge is 0.267 e. The summed E-state index contributed by atoms with van der Waals surface area (Å²) in [6.45, 7) is 1.42. The highest BCUT2D eigenvalue weighted by molar-refractivity contribution is 5.97. The van der Waals surface area contributed by atoms with Crippen LogP contribution in [0.1, 0.15) is 5.69 Å². The van der Waals surface area contributed by atoms with Crippen LogP contribution >= 0.6 is 0 Å². The van der Waals surface area contributed by atoms with E-state index in [1.165, 1.54) is 0 Å². The summed E-state index contributed by atoms with van der Waals surface area (Å²) in [6.07, 6.45) is 1.78. The van der Waals surface area contributed by atoms with Gasteiger partial charge in [0.25, 0.3) is 5.91 Å². The van der Waals surface area contributed by atoms with Crippen LogP contribution in [-0.4, -0.2) is 24.0 Å². The lowest BCUT2D eigenvalue weighted by molar-refractivity contribution is -0.118. The van der Waals surface area contributed by atoms with E-state index in [4.69, 9.17) is 0 Å². The Hall–Kier alpha value is -2.36. The quantitative estimate of drug-likeness (QED) is 0.737. The molecule has 0 unspecified atom stereocenters. The van der Waals surface area contributed by atoms with Crippen LogP contribution in [0.5, 0.6) is 0 Å². The molecule has 0 atom stereocenters. The second-order valence-electron chi connectivity index (χ2n) is 4.17. The van der Waals surface area contributed by atoms with E-state index in [1.807, 2.05) is 36.4 Å². The first kappa shape index (κ1) is 10.8. The Morgan fingerprint density at radius 2 is 1.89 bits per heavy atom. The Balaban J connectivity index is 1.99. The summed E-state index contributed by atoms with van der Waals surface area (Å²) in [7, 11) is 0. The third-order valence-electron chi connectivity index (χ3n) is 2.88. The van der Waals surface area contributed by atoms with Gasteiger partial charge in [-0.15, -0.1) is 0 Å². The first-order valence-corrected chi connectivity index (χ1v) is 5.92. The summed E-state index contributed by atoms with van der Waals surface area (Å²) in [6, 6.07) is 11.8. The normalized spacial score (nSPS) is 17.6. The molecule has 1 aliphatic heterocycles. The number of benzene rings is 1. The van der Waals surface area contributed by atoms with E-state index in [-0.39, 0.29) is 5.91 Å². The van der Waals surface area contributed by atoms with Crippen molar-refractivity contribution in [2.75, 3.05) is 13.1 Å². The van der Waals surface area contributed by atoms with Crippen LogP contribution in [0, 0.1) is 0 Å². The number of pyridine rings is 1. The van der Waals surface area contributed by atoms with Gasteiger partial charge in [-0.25, -0.2) is 4.98 Å². The summed E-state index contributed by atoms with van der Waals surface area (Å²) in [5, 5.41) is 6.96. The first-order valence-electron chi connectivity index (χ1n) is 5.92. The molecule has 2 aromatic rings. The number of nitrogens with one attached hydrogen (secondary N) is 2. The number of amides is 1. The van der Waals surface area contributed by atoms with Crippen LogP contribution in [0.25, 0.3) is 17.0 Å². The van der Waals surface area contributed by atoms with Crippen LogP contribution in [0.2, 0.25) is 0 Å². The Kier molecular flexibility index (Phi) is 2.68. The van der Waals surface area contributed by atoms with Gasteiger partial charge in [-0.3, -0.25) is 4.79 Å². The van der Waals surface area contributed by atoms with Crippen molar-refractivity contribution in [1.29, 1.82) is 0 Å². The monoisotopic (exact) mass is 239 g/mol. The van der Waals surface area contributed by atoms with Gasteiger partial charge in [0.2, 0.25) is 0 Å². The molecule has 1 amide bonds. The first-order chi connectivity index (χ1) is 8.83. The van der Waals surface area contributed by atoms with Crippen molar-refractivity contribution in [3.8, 4) is 0 Å². The lowest BCUT2D eigenvalue weighted by Crippen LogP contribution is -2.42. The van der Waals surface area contributed by atoms with Crippen LogP contribution < -0.4 is 10.6 Å². The Morgan fingerprint density at radius 3 is 2.78 bits per heavy atom. The van der Waals surface area contributed by atoms with Crippen molar-refractivity contribution in [3.63, 3.8) is 0 Å². The number of aromatic nitrogens is 1. The lowest BCUT2D eigenvalue weighted by Gasteiger charge is -2.17. The fourth-order valence-electron chi connectivity index (χ4n) is 1.98. The molecule has 0 radical (unpaired) electrons. The molecule has 0 saturated carbocycles. The number of fused-ring (bicyclic) bond motifs is 1. The van der Waals surface area contributed by atoms with Gasteiger partial charge in [0.15, 0.2) is 0 Å². The van der Waals surface area contributed by atoms with Crippen LogP contribution in [-0.2, 0) is 4.79 Å². The van der Waals surface area contributed by atoms with E-state index in [1.54, 1.807) is 6.08 Å². The maximum Gasteiger partial charge on any atom is 0.267 e. The highest BCUT2D eigenvalue weighted by atomic mass is 16.2. The maximum atomic E-state index is 11.6. The lowest BCUT2D eigenvalue weighted by atomic mass is 10.2. The molecule has 0 spiro atoms. The number of rotatable bonds is 1. The fourth-order valence-corrected chi connectivity index (χ4v) is 1.98. The molecule has 4 heteroatoms. The molecular formula is C14H13N3O. The summed E-state index contributed by atoms with van der Waals surface area (Å²) in [5.74, 6) is -0.0730. The molecule has 1 aliphatic rings. The third kappa shape index (κ3) is 2.05. The van der Waals surface area contributed by atoms with Gasteiger partial charge < -0.3 is 10.6 Å². The van der Waals surface area contributed by atoms with E-state index in [0.717, 1.165) is 23.1 Å². The molecule has 90 valence electrons. The zero-order valence-corrected chi connectivity index (χ0v) is 9.81. The second kappa shape index (κ2) is 4.49. The number of hydrogen-bond donors (Lipinski definition) is 2. The predicted octanol–water partition coefficient (Wildman–Crippen LogP) is 1.30. The summed E-state index contributed by atoms with van der Waals surface area (Å²) < 4.78 is 0. The van der Waals surface area contributed by atoms with Crippen molar-refractivity contribution in [2.45, 2.75) is 0 Å². The molecule has 4 nitrogen and oxygen atoms in total. The van der Waals surface area contributed by atoms with Crippen molar-refractivity contribution in [2.24, 2.45) is 0 Å². The molecular weight excluding hydrogens is 226 g/mol. The zero-order valence-electron chi connectivity index (χ0n) is 9.81. The minimum absolute atomic E-state index is 0.0730. The predicted molar refractivity (Wildman–Crippen MR) is 70.7 cm³/mol. The summed E-state index contributed by atoms with van der Waals surface area (Å²) in [5.41, 5.74) is 2.29. The molecule has 2 heterocycles. The molecule has 2 N–H and O–H groups in total. The largest absolute Gasteiger partial charge is 0.379 e. The number of piperazine rings is 1. The van der Waals surface area contributed by atoms with Crippen LogP contribution in [0.15, 0.2) is 42.1 Å². The van der Waals surface area contributed by atoms with E-state index >= 15 is 0 Å². The van der Waals surface area contributed by atoms with E-state index in [0.29, 0.717) is 12.2 Å². The van der Waals surface area contributed by atoms with Crippen molar-refractivity contribution in [1.82, 2.24) is 15.6 Å². The Bertz CT molecular complexity index is 634. The highest BCUT2D eigenvalue weighted by Crippen LogP contribution is 2.13. The van der Waals surface area contributed by atoms with Gasteiger partial charge in [0.05, 0.1) is 11.2 Å². The Morgan fingerprint density at radius 1 is 1.06 bits per heavy atom. The van der Waals surface area contributed by atoms with Gasteiger partial charge in [-0.1, -0.05) is 24.3 Å². The van der Waals surface area contributed by atoms with Gasteiger partial charge in [0, 0.05) is 18.5 Å². The average molecular weight is 239 g/mol. The number of hydrogen-bond acceptors (Lipinski definition) is 3.